The molecule has 0 bridgehead atoms. The van der Waals surface area contributed by atoms with E-state index in [9.17, 15) is 4.79 Å². The molecule has 2 nitrogen and oxygen atoms in total. The van der Waals surface area contributed by atoms with Crippen molar-refractivity contribution < 1.29 is 4.79 Å². The summed E-state index contributed by atoms with van der Waals surface area (Å²) in [6, 6.07) is 17.6. The molecule has 2 aromatic carbocycles. The summed E-state index contributed by atoms with van der Waals surface area (Å²) in [4.78, 5) is 12.4. The van der Waals surface area contributed by atoms with E-state index in [1.54, 1.807) is 0 Å². The molecule has 0 aliphatic carbocycles. The van der Waals surface area contributed by atoms with Gasteiger partial charge in [-0.1, -0.05) is 67.9 Å². The van der Waals surface area contributed by atoms with Crippen LogP contribution in [0.3, 0.4) is 0 Å². The highest BCUT2D eigenvalue weighted by molar-refractivity contribution is 6.30. The Kier molecular flexibility index (Phi) is 5.03. The van der Waals surface area contributed by atoms with Gasteiger partial charge in [0, 0.05) is 17.0 Å². The summed E-state index contributed by atoms with van der Waals surface area (Å²) in [6.07, 6.45) is 0.723. The Labute approximate surface area is 131 Å². The van der Waals surface area contributed by atoms with Crippen LogP contribution in [-0.4, -0.2) is 5.91 Å². The molecular formula is C18H20ClNO. The van der Waals surface area contributed by atoms with E-state index < -0.39 is 5.41 Å². The average Bonchev–Trinajstić information content (AvgIpc) is 2.47. The fourth-order valence-corrected chi connectivity index (χ4v) is 2.34. The molecule has 2 aromatic rings. The quantitative estimate of drug-likeness (QED) is 0.880. The third-order valence-electron chi connectivity index (χ3n) is 3.47. The molecule has 1 N–H and O–H groups in total. The molecule has 0 fully saturated rings. The number of carbonyl (C=O) groups is 1. The first kappa shape index (κ1) is 15.6. The highest BCUT2D eigenvalue weighted by Crippen LogP contribution is 2.22. The molecule has 0 aliphatic heterocycles. The highest BCUT2D eigenvalue weighted by Gasteiger charge is 2.27. The van der Waals surface area contributed by atoms with Crippen LogP contribution < -0.4 is 5.32 Å². The van der Waals surface area contributed by atoms with Crippen molar-refractivity contribution in [3.05, 3.63) is 70.7 Å². The summed E-state index contributed by atoms with van der Waals surface area (Å²) in [7, 11) is 0. The number of carbonyl (C=O) groups excluding carboxylic acids is 1. The van der Waals surface area contributed by atoms with Gasteiger partial charge in [-0.25, -0.2) is 0 Å². The van der Waals surface area contributed by atoms with Crippen LogP contribution in [0.5, 0.6) is 0 Å². The Bertz CT molecular complexity index is 590. The van der Waals surface area contributed by atoms with Crippen LogP contribution in [0, 0.1) is 5.41 Å². The Balaban J connectivity index is 1.93. The molecule has 0 atom stereocenters. The van der Waals surface area contributed by atoms with Crippen molar-refractivity contribution in [2.75, 3.05) is 0 Å². The minimum Gasteiger partial charge on any atom is -0.352 e. The van der Waals surface area contributed by atoms with Gasteiger partial charge in [0.15, 0.2) is 0 Å². The van der Waals surface area contributed by atoms with Gasteiger partial charge >= 0.3 is 0 Å². The van der Waals surface area contributed by atoms with Crippen LogP contribution in [0.15, 0.2) is 54.6 Å². The summed E-state index contributed by atoms with van der Waals surface area (Å²) < 4.78 is 0. The molecule has 0 unspecified atom stereocenters. The second-order valence-corrected chi connectivity index (χ2v) is 6.29. The van der Waals surface area contributed by atoms with Gasteiger partial charge < -0.3 is 5.32 Å². The fourth-order valence-electron chi connectivity index (χ4n) is 2.21. The normalized spacial score (nSPS) is 11.2. The van der Waals surface area contributed by atoms with E-state index in [1.165, 1.54) is 5.56 Å². The third-order valence-corrected chi connectivity index (χ3v) is 3.72. The van der Waals surface area contributed by atoms with Gasteiger partial charge in [0.25, 0.3) is 0 Å². The fraction of sp³-hybridized carbons (Fsp3) is 0.278. The molecule has 0 radical (unpaired) electrons. The monoisotopic (exact) mass is 301 g/mol. The summed E-state index contributed by atoms with van der Waals surface area (Å²) >= 11 is 5.85. The first-order valence-electron chi connectivity index (χ1n) is 7.04. The van der Waals surface area contributed by atoms with Crippen molar-refractivity contribution in [1.82, 2.24) is 5.32 Å². The minimum atomic E-state index is -0.437. The number of nitrogens with one attached hydrogen (secondary N) is 1. The van der Waals surface area contributed by atoms with Crippen LogP contribution >= 0.6 is 11.6 Å². The lowest BCUT2D eigenvalue weighted by molar-refractivity contribution is -0.129. The smallest absolute Gasteiger partial charge is 0.226 e. The number of halogens is 1. The van der Waals surface area contributed by atoms with E-state index in [4.69, 9.17) is 11.6 Å². The van der Waals surface area contributed by atoms with Crippen molar-refractivity contribution in [3.8, 4) is 0 Å². The number of hydrogen-bond donors (Lipinski definition) is 1. The van der Waals surface area contributed by atoms with E-state index in [0.29, 0.717) is 11.6 Å². The Hall–Kier alpha value is -1.80. The zero-order valence-corrected chi connectivity index (χ0v) is 13.2. The lowest BCUT2D eigenvalue weighted by Crippen LogP contribution is -2.38. The molecular weight excluding hydrogens is 282 g/mol. The van der Waals surface area contributed by atoms with Gasteiger partial charge in [-0.2, -0.15) is 0 Å². The zero-order valence-electron chi connectivity index (χ0n) is 12.4. The van der Waals surface area contributed by atoms with E-state index in [-0.39, 0.29) is 5.91 Å². The summed E-state index contributed by atoms with van der Waals surface area (Å²) in [5.41, 5.74) is 1.78. The molecule has 0 aromatic heterocycles. The molecule has 3 heteroatoms. The number of amides is 1. The van der Waals surface area contributed by atoms with Crippen LogP contribution in [0.2, 0.25) is 5.02 Å². The molecule has 1 amide bonds. The Morgan fingerprint density at radius 2 is 1.62 bits per heavy atom. The van der Waals surface area contributed by atoms with Gasteiger partial charge in [-0.15, -0.1) is 0 Å². The SMILES string of the molecule is CC(C)(Cc1ccccc1)C(=O)NCc1ccc(Cl)cc1. The molecule has 110 valence electrons. The van der Waals surface area contributed by atoms with Crippen molar-refractivity contribution in [3.63, 3.8) is 0 Å². The summed E-state index contributed by atoms with van der Waals surface area (Å²) in [6.45, 7) is 4.46. The number of rotatable bonds is 5. The molecule has 0 saturated carbocycles. The predicted molar refractivity (Wildman–Crippen MR) is 87.2 cm³/mol. The number of hydrogen-bond acceptors (Lipinski definition) is 1. The third kappa shape index (κ3) is 4.61. The second-order valence-electron chi connectivity index (χ2n) is 5.86. The summed E-state index contributed by atoms with van der Waals surface area (Å²) in [5, 5.41) is 3.70. The van der Waals surface area contributed by atoms with Crippen LogP contribution in [0.4, 0.5) is 0 Å². The van der Waals surface area contributed by atoms with E-state index in [0.717, 1.165) is 12.0 Å². The van der Waals surface area contributed by atoms with Crippen LogP contribution in [-0.2, 0) is 17.8 Å². The first-order valence-corrected chi connectivity index (χ1v) is 7.42. The Morgan fingerprint density at radius 3 is 2.24 bits per heavy atom. The van der Waals surface area contributed by atoms with E-state index in [1.807, 2.05) is 68.4 Å². The van der Waals surface area contributed by atoms with Crippen molar-refractivity contribution in [2.24, 2.45) is 5.41 Å². The van der Waals surface area contributed by atoms with Crippen LogP contribution in [0.25, 0.3) is 0 Å². The zero-order chi connectivity index (χ0) is 15.3. The maximum absolute atomic E-state index is 12.4. The maximum atomic E-state index is 12.4. The first-order chi connectivity index (χ1) is 9.97. The maximum Gasteiger partial charge on any atom is 0.226 e. The van der Waals surface area contributed by atoms with Gasteiger partial charge in [-0.05, 0) is 29.7 Å². The average molecular weight is 302 g/mol. The molecule has 0 saturated heterocycles. The topological polar surface area (TPSA) is 29.1 Å². The Morgan fingerprint density at radius 1 is 1.00 bits per heavy atom. The molecule has 0 spiro atoms. The number of benzene rings is 2. The minimum absolute atomic E-state index is 0.0568. The van der Waals surface area contributed by atoms with Gasteiger partial charge in [0.05, 0.1) is 0 Å². The standard InChI is InChI=1S/C18H20ClNO/c1-18(2,12-14-6-4-3-5-7-14)17(21)20-13-15-8-10-16(19)11-9-15/h3-11H,12-13H2,1-2H3,(H,20,21). The van der Waals surface area contributed by atoms with Crippen molar-refractivity contribution >= 4 is 17.5 Å². The lowest BCUT2D eigenvalue weighted by atomic mass is 9.85. The molecule has 0 heterocycles. The van der Waals surface area contributed by atoms with E-state index >= 15 is 0 Å². The molecule has 0 aliphatic rings. The molecule has 2 rings (SSSR count). The molecule has 21 heavy (non-hydrogen) atoms. The predicted octanol–water partition coefficient (Wildman–Crippen LogP) is 4.23. The van der Waals surface area contributed by atoms with Gasteiger partial charge in [0.2, 0.25) is 5.91 Å². The van der Waals surface area contributed by atoms with Crippen molar-refractivity contribution in [2.45, 2.75) is 26.8 Å². The van der Waals surface area contributed by atoms with Gasteiger partial charge in [-0.3, -0.25) is 4.79 Å². The lowest BCUT2D eigenvalue weighted by Gasteiger charge is -2.23. The van der Waals surface area contributed by atoms with Crippen molar-refractivity contribution in [1.29, 1.82) is 0 Å². The largest absolute Gasteiger partial charge is 0.352 e. The van der Waals surface area contributed by atoms with Crippen LogP contribution in [0.1, 0.15) is 25.0 Å². The van der Waals surface area contributed by atoms with E-state index in [2.05, 4.69) is 5.32 Å². The highest BCUT2D eigenvalue weighted by atomic mass is 35.5. The second kappa shape index (κ2) is 6.77. The summed E-state index contributed by atoms with van der Waals surface area (Å²) in [5.74, 6) is 0.0568. The van der Waals surface area contributed by atoms with Gasteiger partial charge in [0.1, 0.15) is 0 Å².